The van der Waals surface area contributed by atoms with Gasteiger partial charge in [-0.1, -0.05) is 44.0 Å². The van der Waals surface area contributed by atoms with E-state index >= 15 is 0 Å². The van der Waals surface area contributed by atoms with Gasteiger partial charge in [0.2, 0.25) is 0 Å². The summed E-state index contributed by atoms with van der Waals surface area (Å²) in [5.74, 6) is 1.08. The Morgan fingerprint density at radius 1 is 1.29 bits per heavy atom. The van der Waals surface area contributed by atoms with Crippen molar-refractivity contribution >= 4 is 11.6 Å². The van der Waals surface area contributed by atoms with Crippen molar-refractivity contribution in [3.8, 4) is 0 Å². The summed E-state index contributed by atoms with van der Waals surface area (Å²) in [5.41, 5.74) is 7.08. The van der Waals surface area contributed by atoms with Crippen LogP contribution in [0.3, 0.4) is 0 Å². The summed E-state index contributed by atoms with van der Waals surface area (Å²) in [7, 11) is 0. The van der Waals surface area contributed by atoms with Crippen LogP contribution in [0.25, 0.3) is 0 Å². The van der Waals surface area contributed by atoms with E-state index in [4.69, 9.17) is 17.3 Å². The molecule has 0 aliphatic heterocycles. The fraction of sp³-hybridized carbons (Fsp3) is 0.500. The summed E-state index contributed by atoms with van der Waals surface area (Å²) in [4.78, 5) is 0. The van der Waals surface area contributed by atoms with Crippen molar-refractivity contribution in [2.24, 2.45) is 11.7 Å². The second-order valence-corrected chi connectivity index (χ2v) is 4.22. The minimum atomic E-state index is 0.456. The molecule has 0 fully saturated rings. The van der Waals surface area contributed by atoms with Crippen LogP contribution in [0.2, 0.25) is 5.02 Å². The van der Waals surface area contributed by atoms with Gasteiger partial charge in [-0.15, -0.1) is 0 Å². The van der Waals surface area contributed by atoms with E-state index in [1.165, 1.54) is 5.56 Å². The highest BCUT2D eigenvalue weighted by atomic mass is 35.5. The molecule has 2 N–H and O–H groups in total. The molecule has 0 aliphatic rings. The molecule has 0 spiro atoms. The smallest absolute Gasteiger partial charge is 0.0406 e. The maximum atomic E-state index is 5.84. The highest BCUT2D eigenvalue weighted by Gasteiger charge is 2.15. The molecule has 78 valence electrons. The maximum absolute atomic E-state index is 5.84. The summed E-state index contributed by atoms with van der Waals surface area (Å²) < 4.78 is 0. The van der Waals surface area contributed by atoms with Gasteiger partial charge < -0.3 is 5.73 Å². The second kappa shape index (κ2) is 5.38. The van der Waals surface area contributed by atoms with Gasteiger partial charge in [0, 0.05) is 5.02 Å². The van der Waals surface area contributed by atoms with Gasteiger partial charge in [-0.3, -0.25) is 0 Å². The molecule has 1 nitrogen and oxygen atoms in total. The van der Waals surface area contributed by atoms with Crippen molar-refractivity contribution < 1.29 is 0 Å². The van der Waals surface area contributed by atoms with Crippen LogP contribution in [0.5, 0.6) is 0 Å². The number of benzene rings is 1. The summed E-state index contributed by atoms with van der Waals surface area (Å²) in [6.07, 6.45) is 1.16. The van der Waals surface area contributed by atoms with Crippen LogP contribution < -0.4 is 5.73 Å². The van der Waals surface area contributed by atoms with Gasteiger partial charge in [-0.05, 0) is 36.1 Å². The molecule has 1 rings (SSSR count). The standard InChI is InChI=1S/C12H18ClN/c1-3-9(2)12(8-14)10-4-6-11(13)7-5-10/h4-7,9,12H,3,8,14H2,1-2H3. The molecule has 2 unspecified atom stereocenters. The first kappa shape index (κ1) is 11.5. The minimum Gasteiger partial charge on any atom is -0.330 e. The van der Waals surface area contributed by atoms with E-state index in [9.17, 15) is 0 Å². The average molecular weight is 212 g/mol. The number of halogens is 1. The molecule has 1 aromatic rings. The maximum Gasteiger partial charge on any atom is 0.0406 e. The first-order valence-corrected chi connectivity index (χ1v) is 5.52. The van der Waals surface area contributed by atoms with Gasteiger partial charge >= 0.3 is 0 Å². The Morgan fingerprint density at radius 3 is 2.29 bits per heavy atom. The van der Waals surface area contributed by atoms with Gasteiger partial charge in [0.1, 0.15) is 0 Å². The third-order valence-electron chi connectivity index (χ3n) is 2.88. The lowest BCUT2D eigenvalue weighted by Gasteiger charge is -2.21. The molecule has 0 bridgehead atoms. The Hall–Kier alpha value is -0.530. The molecule has 0 aromatic heterocycles. The summed E-state index contributed by atoms with van der Waals surface area (Å²) in [6, 6.07) is 8.02. The Kier molecular flexibility index (Phi) is 4.43. The first-order chi connectivity index (χ1) is 6.69. The molecule has 14 heavy (non-hydrogen) atoms. The lowest BCUT2D eigenvalue weighted by molar-refractivity contribution is 0.452. The molecule has 0 saturated heterocycles. The van der Waals surface area contributed by atoms with Crippen molar-refractivity contribution in [2.45, 2.75) is 26.2 Å². The van der Waals surface area contributed by atoms with Crippen LogP contribution in [0.15, 0.2) is 24.3 Å². The highest BCUT2D eigenvalue weighted by Crippen LogP contribution is 2.26. The minimum absolute atomic E-state index is 0.456. The largest absolute Gasteiger partial charge is 0.330 e. The quantitative estimate of drug-likeness (QED) is 0.812. The van der Waals surface area contributed by atoms with Crippen molar-refractivity contribution in [3.63, 3.8) is 0 Å². The van der Waals surface area contributed by atoms with E-state index in [2.05, 4.69) is 26.0 Å². The Morgan fingerprint density at radius 2 is 1.86 bits per heavy atom. The van der Waals surface area contributed by atoms with E-state index in [1.54, 1.807) is 0 Å². The molecular formula is C12H18ClN. The summed E-state index contributed by atoms with van der Waals surface area (Å²) >= 11 is 5.84. The Bertz CT molecular complexity index is 268. The van der Waals surface area contributed by atoms with Gasteiger partial charge in [-0.25, -0.2) is 0 Å². The predicted molar refractivity (Wildman–Crippen MR) is 62.7 cm³/mol. The van der Waals surface area contributed by atoms with Crippen LogP contribution >= 0.6 is 11.6 Å². The van der Waals surface area contributed by atoms with Crippen LogP contribution in [0.4, 0.5) is 0 Å². The Labute approximate surface area is 91.3 Å². The molecule has 0 heterocycles. The molecular weight excluding hydrogens is 194 g/mol. The molecule has 1 aromatic carbocycles. The molecule has 2 heteroatoms. The van der Waals surface area contributed by atoms with Crippen LogP contribution in [0, 0.1) is 5.92 Å². The van der Waals surface area contributed by atoms with Crippen LogP contribution in [0.1, 0.15) is 31.7 Å². The van der Waals surface area contributed by atoms with E-state index in [0.717, 1.165) is 11.4 Å². The molecule has 0 radical (unpaired) electrons. The van der Waals surface area contributed by atoms with Crippen molar-refractivity contribution in [3.05, 3.63) is 34.9 Å². The van der Waals surface area contributed by atoms with Crippen molar-refractivity contribution in [1.29, 1.82) is 0 Å². The van der Waals surface area contributed by atoms with E-state index in [1.807, 2.05) is 12.1 Å². The van der Waals surface area contributed by atoms with E-state index in [-0.39, 0.29) is 0 Å². The third kappa shape index (κ3) is 2.73. The van der Waals surface area contributed by atoms with Crippen LogP contribution in [-0.4, -0.2) is 6.54 Å². The number of rotatable bonds is 4. The first-order valence-electron chi connectivity index (χ1n) is 5.14. The fourth-order valence-corrected chi connectivity index (χ4v) is 1.82. The van der Waals surface area contributed by atoms with Gasteiger partial charge in [0.25, 0.3) is 0 Å². The van der Waals surface area contributed by atoms with Crippen molar-refractivity contribution in [2.75, 3.05) is 6.54 Å². The van der Waals surface area contributed by atoms with Crippen LogP contribution in [-0.2, 0) is 0 Å². The molecule has 0 amide bonds. The number of nitrogens with two attached hydrogens (primary N) is 1. The lowest BCUT2D eigenvalue weighted by Crippen LogP contribution is -2.19. The predicted octanol–water partition coefficient (Wildman–Crippen LogP) is 3.43. The number of hydrogen-bond donors (Lipinski definition) is 1. The normalized spacial score (nSPS) is 15.1. The molecule has 2 atom stereocenters. The average Bonchev–Trinajstić information content (AvgIpc) is 2.21. The summed E-state index contributed by atoms with van der Waals surface area (Å²) in [6.45, 7) is 5.14. The second-order valence-electron chi connectivity index (χ2n) is 3.78. The van der Waals surface area contributed by atoms with Gasteiger partial charge in [-0.2, -0.15) is 0 Å². The van der Waals surface area contributed by atoms with Gasteiger partial charge in [0.15, 0.2) is 0 Å². The monoisotopic (exact) mass is 211 g/mol. The SMILES string of the molecule is CCC(C)C(CN)c1ccc(Cl)cc1. The zero-order chi connectivity index (χ0) is 10.6. The summed E-state index contributed by atoms with van der Waals surface area (Å²) in [5, 5.41) is 0.786. The van der Waals surface area contributed by atoms with E-state index in [0.29, 0.717) is 18.4 Å². The zero-order valence-electron chi connectivity index (χ0n) is 8.83. The van der Waals surface area contributed by atoms with Crippen molar-refractivity contribution in [1.82, 2.24) is 0 Å². The lowest BCUT2D eigenvalue weighted by atomic mass is 9.86. The topological polar surface area (TPSA) is 26.0 Å². The molecule has 0 saturated carbocycles. The number of hydrogen-bond acceptors (Lipinski definition) is 1. The van der Waals surface area contributed by atoms with Gasteiger partial charge in [0.05, 0.1) is 0 Å². The van der Waals surface area contributed by atoms with E-state index < -0.39 is 0 Å². The third-order valence-corrected chi connectivity index (χ3v) is 3.13. The highest BCUT2D eigenvalue weighted by molar-refractivity contribution is 6.30. The fourth-order valence-electron chi connectivity index (χ4n) is 1.69. The molecule has 0 aliphatic carbocycles. The Balaban J connectivity index is 2.84. The zero-order valence-corrected chi connectivity index (χ0v) is 9.59.